The lowest BCUT2D eigenvalue weighted by atomic mass is 10.0. The molecule has 0 spiro atoms. The van der Waals surface area contributed by atoms with Crippen molar-refractivity contribution in [1.29, 1.82) is 0 Å². The number of unbranched alkanes of at least 4 members (excludes halogenated alkanes) is 13. The molecule has 0 fully saturated rings. The highest BCUT2D eigenvalue weighted by Gasteiger charge is 2.36. The molecule has 36 heavy (non-hydrogen) atoms. The summed E-state index contributed by atoms with van der Waals surface area (Å²) < 4.78 is 28.5. The summed E-state index contributed by atoms with van der Waals surface area (Å²) in [6.07, 6.45) is 19.4. The first-order valence-corrected chi connectivity index (χ1v) is 18.2. The monoisotopic (exact) mass is 532 g/mol. The second-order valence-corrected chi connectivity index (χ2v) is 16.5. The highest BCUT2D eigenvalue weighted by Crippen LogP contribution is 2.36. The van der Waals surface area contributed by atoms with Gasteiger partial charge in [0.1, 0.15) is 0 Å². The molecule has 218 valence electrons. The highest BCUT2D eigenvalue weighted by molar-refractivity contribution is 6.74. The van der Waals surface area contributed by atoms with Crippen molar-refractivity contribution in [3.05, 3.63) is 0 Å². The van der Waals surface area contributed by atoms with E-state index in [-0.39, 0.29) is 5.04 Å². The summed E-state index contributed by atoms with van der Waals surface area (Å²) in [5.41, 5.74) is 0. The summed E-state index contributed by atoms with van der Waals surface area (Å²) in [7, 11) is -1.66. The van der Waals surface area contributed by atoms with Crippen LogP contribution in [0.1, 0.15) is 118 Å². The number of ether oxygens (including phenoxy) is 4. The predicted molar refractivity (Wildman–Crippen MR) is 157 cm³/mol. The Kier molecular flexibility index (Phi) is 25.3. The average Bonchev–Trinajstić information content (AvgIpc) is 2.82. The predicted octanol–water partition coefficient (Wildman–Crippen LogP) is 8.56. The molecule has 0 aliphatic rings. The molecule has 0 saturated carbocycles. The first kappa shape index (κ1) is 36.0. The summed E-state index contributed by atoms with van der Waals surface area (Å²) in [6, 6.07) is 0. The van der Waals surface area contributed by atoms with Crippen molar-refractivity contribution >= 4 is 8.32 Å². The molecule has 6 heteroatoms. The Balaban J connectivity index is 3.13. The smallest absolute Gasteiger partial charge is 0.192 e. The Labute approximate surface area is 226 Å². The van der Waals surface area contributed by atoms with Crippen LogP contribution in [0.15, 0.2) is 0 Å². The van der Waals surface area contributed by atoms with E-state index in [1.54, 1.807) is 0 Å². The van der Waals surface area contributed by atoms with Crippen molar-refractivity contribution in [2.24, 2.45) is 0 Å². The number of rotatable bonds is 28. The van der Waals surface area contributed by atoms with Gasteiger partial charge in [0.25, 0.3) is 0 Å². The highest BCUT2D eigenvalue weighted by atomic mass is 28.4. The van der Waals surface area contributed by atoms with E-state index in [9.17, 15) is 0 Å². The molecular weight excluding hydrogens is 468 g/mol. The van der Waals surface area contributed by atoms with Crippen LogP contribution in [0.4, 0.5) is 0 Å². The van der Waals surface area contributed by atoms with E-state index in [1.165, 1.54) is 89.9 Å². The topological polar surface area (TPSA) is 46.2 Å². The van der Waals surface area contributed by atoms with Crippen molar-refractivity contribution in [3.63, 3.8) is 0 Å². The standard InChI is InChI=1S/C30H64O5Si/c1-7-8-9-10-11-12-13-14-15-16-17-18-19-20-21-31-22-23-32-24-25-33-26-27-34-28-29-35-36(5,6)30(2,3)4/h7-29H2,1-6H3. The van der Waals surface area contributed by atoms with Crippen molar-refractivity contribution in [3.8, 4) is 0 Å². The Bertz CT molecular complexity index is 440. The van der Waals surface area contributed by atoms with Gasteiger partial charge in [-0.25, -0.2) is 0 Å². The Hall–Kier alpha value is 0.0169. The summed E-state index contributed by atoms with van der Waals surface area (Å²) in [6.45, 7) is 19.4. The second-order valence-electron chi connectivity index (χ2n) is 11.7. The Morgan fingerprint density at radius 1 is 0.417 bits per heavy atom. The minimum Gasteiger partial charge on any atom is -0.414 e. The zero-order valence-corrected chi connectivity index (χ0v) is 26.3. The van der Waals surface area contributed by atoms with Gasteiger partial charge in [-0.05, 0) is 24.6 Å². The Morgan fingerprint density at radius 2 is 0.722 bits per heavy atom. The third-order valence-corrected chi connectivity index (χ3v) is 11.8. The second kappa shape index (κ2) is 25.3. The molecular formula is C30H64O5Si. The maximum atomic E-state index is 6.09. The van der Waals surface area contributed by atoms with Crippen LogP contribution in [0.5, 0.6) is 0 Å². The van der Waals surface area contributed by atoms with E-state index in [1.807, 2.05) is 0 Å². The van der Waals surface area contributed by atoms with Crippen LogP contribution in [-0.4, -0.2) is 67.8 Å². The first-order chi connectivity index (χ1) is 17.3. The molecule has 0 aliphatic heterocycles. The fraction of sp³-hybridized carbons (Fsp3) is 1.00. The lowest BCUT2D eigenvalue weighted by molar-refractivity contribution is -0.00530. The quantitative estimate of drug-likeness (QED) is 0.0746. The molecule has 0 aliphatic carbocycles. The molecule has 0 aromatic heterocycles. The molecule has 0 atom stereocenters. The lowest BCUT2D eigenvalue weighted by Gasteiger charge is -2.36. The molecule has 0 radical (unpaired) electrons. The van der Waals surface area contributed by atoms with Crippen LogP contribution in [0.3, 0.4) is 0 Å². The normalized spacial score (nSPS) is 12.5. The van der Waals surface area contributed by atoms with Crippen LogP contribution >= 0.6 is 0 Å². The minimum absolute atomic E-state index is 0.243. The van der Waals surface area contributed by atoms with Gasteiger partial charge >= 0.3 is 0 Å². The SMILES string of the molecule is CCCCCCCCCCCCCCCCOCCOCCOCCOCCO[Si](C)(C)C(C)(C)C. The largest absolute Gasteiger partial charge is 0.414 e. The molecule has 0 unspecified atom stereocenters. The third-order valence-electron chi connectivity index (χ3n) is 7.26. The van der Waals surface area contributed by atoms with Gasteiger partial charge in [0, 0.05) is 6.61 Å². The maximum Gasteiger partial charge on any atom is 0.192 e. The summed E-state index contributed by atoms with van der Waals surface area (Å²) in [4.78, 5) is 0. The molecule has 0 aromatic rings. The summed E-state index contributed by atoms with van der Waals surface area (Å²) in [5, 5.41) is 0.243. The first-order valence-electron chi connectivity index (χ1n) is 15.3. The molecule has 0 heterocycles. The van der Waals surface area contributed by atoms with Crippen LogP contribution in [-0.2, 0) is 23.4 Å². The van der Waals surface area contributed by atoms with E-state index in [0.717, 1.165) is 6.61 Å². The number of hydrogen-bond acceptors (Lipinski definition) is 5. The zero-order chi connectivity index (χ0) is 26.8. The van der Waals surface area contributed by atoms with Crippen molar-refractivity contribution in [2.75, 3.05) is 59.5 Å². The van der Waals surface area contributed by atoms with E-state index < -0.39 is 8.32 Å². The van der Waals surface area contributed by atoms with E-state index in [2.05, 4.69) is 40.8 Å². The fourth-order valence-electron chi connectivity index (χ4n) is 3.73. The van der Waals surface area contributed by atoms with Gasteiger partial charge in [0.15, 0.2) is 8.32 Å². The van der Waals surface area contributed by atoms with Crippen LogP contribution in [0, 0.1) is 0 Å². The molecule has 0 N–H and O–H groups in total. The zero-order valence-electron chi connectivity index (χ0n) is 25.3. The molecule has 0 aromatic carbocycles. The van der Waals surface area contributed by atoms with Crippen LogP contribution in [0.25, 0.3) is 0 Å². The molecule has 0 bridgehead atoms. The summed E-state index contributed by atoms with van der Waals surface area (Å²) >= 11 is 0. The lowest BCUT2D eigenvalue weighted by Crippen LogP contribution is -2.41. The molecule has 0 amide bonds. The van der Waals surface area contributed by atoms with Crippen molar-refractivity contribution in [1.82, 2.24) is 0 Å². The third kappa shape index (κ3) is 24.4. The van der Waals surface area contributed by atoms with Gasteiger partial charge in [0.2, 0.25) is 0 Å². The van der Waals surface area contributed by atoms with Crippen molar-refractivity contribution in [2.45, 2.75) is 136 Å². The van der Waals surface area contributed by atoms with Gasteiger partial charge < -0.3 is 23.4 Å². The molecule has 0 saturated heterocycles. The van der Waals surface area contributed by atoms with E-state index in [4.69, 9.17) is 23.4 Å². The molecule has 5 nitrogen and oxygen atoms in total. The maximum absolute atomic E-state index is 6.09. The Morgan fingerprint density at radius 3 is 1.08 bits per heavy atom. The summed E-state index contributed by atoms with van der Waals surface area (Å²) in [5.74, 6) is 0. The van der Waals surface area contributed by atoms with Crippen LogP contribution < -0.4 is 0 Å². The average molecular weight is 533 g/mol. The minimum atomic E-state index is -1.66. The number of hydrogen-bond donors (Lipinski definition) is 0. The van der Waals surface area contributed by atoms with Gasteiger partial charge in [-0.1, -0.05) is 111 Å². The van der Waals surface area contributed by atoms with Crippen molar-refractivity contribution < 1.29 is 23.4 Å². The van der Waals surface area contributed by atoms with Gasteiger partial charge in [-0.2, -0.15) is 0 Å². The van der Waals surface area contributed by atoms with Crippen LogP contribution in [0.2, 0.25) is 18.1 Å². The fourth-order valence-corrected chi connectivity index (χ4v) is 4.76. The van der Waals surface area contributed by atoms with Gasteiger partial charge in [-0.3, -0.25) is 0 Å². The molecule has 0 rings (SSSR count). The van der Waals surface area contributed by atoms with Gasteiger partial charge in [0.05, 0.1) is 52.9 Å². The van der Waals surface area contributed by atoms with E-state index >= 15 is 0 Å². The van der Waals surface area contributed by atoms with E-state index in [0.29, 0.717) is 52.9 Å². The van der Waals surface area contributed by atoms with Gasteiger partial charge in [-0.15, -0.1) is 0 Å².